The molecule has 2 aromatic carbocycles. The van der Waals surface area contributed by atoms with Crippen molar-refractivity contribution in [3.63, 3.8) is 0 Å². The predicted molar refractivity (Wildman–Crippen MR) is 96.7 cm³/mol. The van der Waals surface area contributed by atoms with Gasteiger partial charge in [0.05, 0.1) is 12.7 Å². The largest absolute Gasteiger partial charge is 0.466 e. The minimum Gasteiger partial charge on any atom is -0.466 e. The van der Waals surface area contributed by atoms with Gasteiger partial charge in [0.2, 0.25) is 0 Å². The summed E-state index contributed by atoms with van der Waals surface area (Å²) in [6, 6.07) is 20.0. The third kappa shape index (κ3) is 3.40. The molecule has 3 nitrogen and oxygen atoms in total. The number of benzene rings is 2. The lowest BCUT2D eigenvalue weighted by Gasteiger charge is -2.27. The van der Waals surface area contributed by atoms with Crippen molar-refractivity contribution in [2.75, 3.05) is 12.4 Å². The van der Waals surface area contributed by atoms with Crippen LogP contribution in [0.2, 0.25) is 0 Å². The van der Waals surface area contributed by atoms with E-state index in [0.29, 0.717) is 5.57 Å². The van der Waals surface area contributed by atoms with Gasteiger partial charge in [-0.3, -0.25) is 0 Å². The molecule has 1 N–H and O–H groups in total. The number of methoxy groups -OCH3 is 1. The SMILES string of the molecule is COC(=O)C1=C(Nc2ccccc2)C=C(C)C[C@H]1c1ccccc1. The second kappa shape index (κ2) is 7.18. The molecule has 2 aromatic rings. The van der Waals surface area contributed by atoms with Gasteiger partial charge in [-0.2, -0.15) is 0 Å². The molecule has 24 heavy (non-hydrogen) atoms. The molecule has 0 aliphatic heterocycles. The summed E-state index contributed by atoms with van der Waals surface area (Å²) in [5.74, 6) is -0.291. The third-order valence-electron chi connectivity index (χ3n) is 4.22. The van der Waals surface area contributed by atoms with Gasteiger partial charge in [0, 0.05) is 17.3 Å². The molecule has 0 saturated carbocycles. The molecule has 0 radical (unpaired) electrons. The molecule has 0 heterocycles. The Balaban J connectivity index is 2.07. The molecule has 0 spiro atoms. The smallest absolute Gasteiger partial charge is 0.336 e. The first-order valence-corrected chi connectivity index (χ1v) is 8.05. The van der Waals surface area contributed by atoms with Crippen LogP contribution in [0.4, 0.5) is 5.69 Å². The van der Waals surface area contributed by atoms with Crippen LogP contribution in [0, 0.1) is 0 Å². The zero-order chi connectivity index (χ0) is 16.9. The first-order valence-electron chi connectivity index (χ1n) is 8.05. The van der Waals surface area contributed by atoms with Crippen molar-refractivity contribution in [1.82, 2.24) is 0 Å². The molecule has 0 aromatic heterocycles. The molecule has 3 heteroatoms. The van der Waals surface area contributed by atoms with Gasteiger partial charge in [-0.05, 0) is 37.1 Å². The lowest BCUT2D eigenvalue weighted by molar-refractivity contribution is -0.136. The molecule has 0 saturated heterocycles. The summed E-state index contributed by atoms with van der Waals surface area (Å²) in [6.45, 7) is 2.09. The van der Waals surface area contributed by atoms with Crippen LogP contribution in [-0.4, -0.2) is 13.1 Å². The Bertz CT molecular complexity index is 776. The Morgan fingerprint density at radius 3 is 2.29 bits per heavy atom. The molecule has 3 rings (SSSR count). The van der Waals surface area contributed by atoms with Gasteiger partial charge in [0.1, 0.15) is 0 Å². The lowest BCUT2D eigenvalue weighted by atomic mass is 9.81. The minimum absolute atomic E-state index is 0.00476. The molecule has 1 aliphatic rings. The van der Waals surface area contributed by atoms with Gasteiger partial charge in [-0.1, -0.05) is 54.1 Å². The molecular formula is C21H21NO2. The Kier molecular flexibility index (Phi) is 4.80. The Hall–Kier alpha value is -2.81. The Morgan fingerprint density at radius 2 is 1.67 bits per heavy atom. The van der Waals surface area contributed by atoms with Crippen LogP contribution in [0.1, 0.15) is 24.8 Å². The van der Waals surface area contributed by atoms with Crippen LogP contribution in [0.25, 0.3) is 0 Å². The fourth-order valence-corrected chi connectivity index (χ4v) is 3.11. The van der Waals surface area contributed by atoms with E-state index in [-0.39, 0.29) is 11.9 Å². The second-order valence-electron chi connectivity index (χ2n) is 5.97. The molecule has 0 fully saturated rings. The van der Waals surface area contributed by atoms with E-state index < -0.39 is 0 Å². The summed E-state index contributed by atoms with van der Waals surface area (Å²) >= 11 is 0. The number of rotatable bonds is 4. The summed E-state index contributed by atoms with van der Waals surface area (Å²) in [5.41, 5.74) is 4.79. The fourth-order valence-electron chi connectivity index (χ4n) is 3.11. The van der Waals surface area contributed by atoms with Crippen LogP contribution in [0.15, 0.2) is 83.6 Å². The van der Waals surface area contributed by atoms with E-state index in [9.17, 15) is 4.79 Å². The number of para-hydroxylation sites is 1. The van der Waals surface area contributed by atoms with Crippen molar-refractivity contribution in [2.45, 2.75) is 19.3 Å². The molecule has 1 atom stereocenters. The average molecular weight is 319 g/mol. The minimum atomic E-state index is -0.286. The maximum Gasteiger partial charge on any atom is 0.336 e. The zero-order valence-electron chi connectivity index (χ0n) is 14.0. The van der Waals surface area contributed by atoms with Gasteiger partial charge in [-0.15, -0.1) is 0 Å². The number of hydrogen-bond donors (Lipinski definition) is 1. The van der Waals surface area contributed by atoms with Crippen LogP contribution in [-0.2, 0) is 9.53 Å². The number of ether oxygens (including phenoxy) is 1. The summed E-state index contributed by atoms with van der Waals surface area (Å²) in [5, 5.41) is 3.38. The molecular weight excluding hydrogens is 298 g/mol. The summed E-state index contributed by atoms with van der Waals surface area (Å²) in [7, 11) is 1.43. The van der Waals surface area contributed by atoms with Gasteiger partial charge >= 0.3 is 5.97 Å². The van der Waals surface area contributed by atoms with E-state index in [0.717, 1.165) is 23.4 Å². The van der Waals surface area contributed by atoms with Crippen molar-refractivity contribution in [3.05, 3.63) is 89.1 Å². The topological polar surface area (TPSA) is 38.3 Å². The van der Waals surface area contributed by atoms with Gasteiger partial charge in [-0.25, -0.2) is 4.79 Å². The van der Waals surface area contributed by atoms with Crippen LogP contribution in [0.5, 0.6) is 0 Å². The average Bonchev–Trinajstić information content (AvgIpc) is 2.62. The monoisotopic (exact) mass is 319 g/mol. The van der Waals surface area contributed by atoms with Crippen molar-refractivity contribution in [1.29, 1.82) is 0 Å². The maximum atomic E-state index is 12.5. The normalized spacial score (nSPS) is 17.2. The van der Waals surface area contributed by atoms with Crippen molar-refractivity contribution in [2.24, 2.45) is 0 Å². The highest BCUT2D eigenvalue weighted by molar-refractivity contribution is 5.93. The summed E-state index contributed by atoms with van der Waals surface area (Å²) in [6.07, 6.45) is 2.85. The van der Waals surface area contributed by atoms with Gasteiger partial charge in [0.25, 0.3) is 0 Å². The number of carbonyl (C=O) groups excluding carboxylic acids is 1. The molecule has 0 amide bonds. The number of anilines is 1. The van der Waals surface area contributed by atoms with E-state index in [2.05, 4.69) is 24.4 Å². The zero-order valence-corrected chi connectivity index (χ0v) is 14.0. The van der Waals surface area contributed by atoms with E-state index >= 15 is 0 Å². The van der Waals surface area contributed by atoms with Crippen molar-refractivity contribution >= 4 is 11.7 Å². The standard InChI is InChI=1S/C21H21NO2/c1-15-13-18(16-9-5-3-6-10-16)20(21(23)24-2)19(14-15)22-17-11-7-4-8-12-17/h3-12,14,18,22H,13H2,1-2H3/t18-/m0/s1. The van der Waals surface area contributed by atoms with Crippen LogP contribution in [0.3, 0.4) is 0 Å². The highest BCUT2D eigenvalue weighted by Gasteiger charge is 2.30. The first kappa shape index (κ1) is 16.1. The number of hydrogen-bond acceptors (Lipinski definition) is 3. The van der Waals surface area contributed by atoms with Crippen LogP contribution >= 0.6 is 0 Å². The van der Waals surface area contributed by atoms with E-state index in [1.165, 1.54) is 12.7 Å². The fraction of sp³-hybridized carbons (Fsp3) is 0.190. The Morgan fingerprint density at radius 1 is 1.04 bits per heavy atom. The highest BCUT2D eigenvalue weighted by atomic mass is 16.5. The summed E-state index contributed by atoms with van der Waals surface area (Å²) in [4.78, 5) is 12.5. The Labute approximate surface area is 142 Å². The predicted octanol–water partition coefficient (Wildman–Crippen LogP) is 4.66. The third-order valence-corrected chi connectivity index (χ3v) is 4.22. The van der Waals surface area contributed by atoms with E-state index in [4.69, 9.17) is 4.74 Å². The number of esters is 1. The number of nitrogens with one attached hydrogen (secondary N) is 1. The molecule has 0 unspecified atom stereocenters. The second-order valence-corrected chi connectivity index (χ2v) is 5.97. The van der Waals surface area contributed by atoms with Crippen molar-refractivity contribution in [3.8, 4) is 0 Å². The van der Waals surface area contributed by atoms with Gasteiger partial charge in [0.15, 0.2) is 0 Å². The maximum absolute atomic E-state index is 12.5. The highest BCUT2D eigenvalue weighted by Crippen LogP contribution is 2.38. The number of carbonyl (C=O) groups is 1. The van der Waals surface area contributed by atoms with E-state index in [1.54, 1.807) is 0 Å². The van der Waals surface area contributed by atoms with Crippen molar-refractivity contribution < 1.29 is 9.53 Å². The first-order chi connectivity index (χ1) is 11.7. The molecule has 122 valence electrons. The summed E-state index contributed by atoms with van der Waals surface area (Å²) < 4.78 is 5.08. The molecule has 0 bridgehead atoms. The van der Waals surface area contributed by atoms with Gasteiger partial charge < -0.3 is 10.1 Å². The lowest BCUT2D eigenvalue weighted by Crippen LogP contribution is -2.21. The quantitative estimate of drug-likeness (QED) is 0.833. The number of allylic oxidation sites excluding steroid dienone is 2. The van der Waals surface area contributed by atoms with E-state index in [1.807, 2.05) is 54.6 Å². The molecule has 1 aliphatic carbocycles. The van der Waals surface area contributed by atoms with Crippen LogP contribution < -0.4 is 5.32 Å².